The second-order valence-corrected chi connectivity index (χ2v) is 4.43. The zero-order chi connectivity index (χ0) is 15.2. The third kappa shape index (κ3) is 3.73. The smallest absolute Gasteiger partial charge is 0.493 e. The summed E-state index contributed by atoms with van der Waals surface area (Å²) in [4.78, 5) is 0. The molecule has 21 heavy (non-hydrogen) atoms. The van der Waals surface area contributed by atoms with Gasteiger partial charge in [-0.15, -0.1) is 0 Å². The van der Waals surface area contributed by atoms with Gasteiger partial charge in [0.15, 0.2) is 0 Å². The van der Waals surface area contributed by atoms with Crippen LogP contribution in [0.25, 0.3) is 21.5 Å². The molecule has 0 heterocycles. The van der Waals surface area contributed by atoms with Crippen molar-refractivity contribution in [3.63, 3.8) is 0 Å². The van der Waals surface area contributed by atoms with E-state index in [4.69, 9.17) is 19.8 Å². The van der Waals surface area contributed by atoms with Gasteiger partial charge in [0.1, 0.15) is 5.75 Å². The molecule has 3 aromatic rings. The van der Waals surface area contributed by atoms with E-state index in [0.717, 1.165) is 5.75 Å². The summed E-state index contributed by atoms with van der Waals surface area (Å²) in [5.74, 6) is 1.00. The molecule has 4 nitrogen and oxygen atoms in total. The van der Waals surface area contributed by atoms with Crippen LogP contribution in [0.5, 0.6) is 5.75 Å². The molecule has 0 saturated heterocycles. The fourth-order valence-electron chi connectivity index (χ4n) is 2.27. The molecule has 0 aromatic heterocycles. The van der Waals surface area contributed by atoms with Crippen molar-refractivity contribution in [1.82, 2.24) is 0 Å². The Labute approximate surface area is 123 Å². The molecule has 0 aliphatic carbocycles. The Bertz CT molecular complexity index is 671. The Morgan fingerprint density at radius 1 is 0.857 bits per heavy atom. The number of rotatable bonds is 2. The number of fused-ring (bicyclic) bond motifs is 2. The molecule has 0 unspecified atom stereocenters. The maximum Gasteiger partial charge on any atom is 0.631 e. The predicted octanol–water partition coefficient (Wildman–Crippen LogP) is 2.34. The summed E-state index contributed by atoms with van der Waals surface area (Å²) in [7, 11) is -2.17. The van der Waals surface area contributed by atoms with E-state index in [9.17, 15) is 0 Å². The van der Waals surface area contributed by atoms with Gasteiger partial charge in [0.2, 0.25) is 0 Å². The normalized spacial score (nSPS) is 10.1. The lowest BCUT2D eigenvalue weighted by Crippen LogP contribution is -2.07. The van der Waals surface area contributed by atoms with Crippen LogP contribution < -0.4 is 4.74 Å². The number of hydrogen-bond donors (Lipinski definition) is 3. The van der Waals surface area contributed by atoms with Crippen molar-refractivity contribution in [2.75, 3.05) is 6.61 Å². The van der Waals surface area contributed by atoms with Crippen molar-refractivity contribution in [3.8, 4) is 5.75 Å². The van der Waals surface area contributed by atoms with Gasteiger partial charge in [-0.2, -0.15) is 0 Å². The van der Waals surface area contributed by atoms with E-state index in [0.29, 0.717) is 6.61 Å². The minimum atomic E-state index is -2.17. The SMILES string of the molecule is CCOc1c2ccccc2cc2ccccc12.OB(O)O. The number of hydrogen-bond acceptors (Lipinski definition) is 4. The molecule has 0 aliphatic heterocycles. The van der Waals surface area contributed by atoms with Gasteiger partial charge >= 0.3 is 7.32 Å². The lowest BCUT2D eigenvalue weighted by molar-refractivity contribution is 0.278. The third-order valence-corrected chi connectivity index (χ3v) is 3.01. The van der Waals surface area contributed by atoms with Crippen LogP contribution in [0, 0.1) is 0 Å². The van der Waals surface area contributed by atoms with E-state index in [-0.39, 0.29) is 0 Å². The number of ether oxygens (including phenoxy) is 1. The van der Waals surface area contributed by atoms with Crippen LogP contribution in [-0.4, -0.2) is 29.0 Å². The van der Waals surface area contributed by atoms with Crippen LogP contribution >= 0.6 is 0 Å². The number of benzene rings is 3. The van der Waals surface area contributed by atoms with Crippen LogP contribution in [0.4, 0.5) is 0 Å². The summed E-state index contributed by atoms with van der Waals surface area (Å²) in [6.07, 6.45) is 0. The maximum atomic E-state index is 7.17. The van der Waals surface area contributed by atoms with E-state index >= 15 is 0 Å². The molecule has 5 heteroatoms. The topological polar surface area (TPSA) is 69.9 Å². The predicted molar refractivity (Wildman–Crippen MR) is 85.0 cm³/mol. The minimum Gasteiger partial charge on any atom is -0.493 e. The van der Waals surface area contributed by atoms with E-state index in [1.165, 1.54) is 21.5 Å². The van der Waals surface area contributed by atoms with Crippen molar-refractivity contribution in [3.05, 3.63) is 54.6 Å². The van der Waals surface area contributed by atoms with Crippen LogP contribution in [-0.2, 0) is 0 Å². The first-order valence-corrected chi connectivity index (χ1v) is 6.71. The van der Waals surface area contributed by atoms with Gasteiger partial charge in [0.25, 0.3) is 0 Å². The highest BCUT2D eigenvalue weighted by atomic mass is 16.5. The Kier molecular flexibility index (Phi) is 5.17. The van der Waals surface area contributed by atoms with Gasteiger partial charge < -0.3 is 19.8 Å². The molecule has 0 atom stereocenters. The van der Waals surface area contributed by atoms with Gasteiger partial charge in [-0.3, -0.25) is 0 Å². The summed E-state index contributed by atoms with van der Waals surface area (Å²) in [5, 5.41) is 26.3. The molecule has 3 N–H and O–H groups in total. The lowest BCUT2D eigenvalue weighted by Gasteiger charge is -2.11. The van der Waals surface area contributed by atoms with E-state index in [1.807, 2.05) is 6.92 Å². The van der Waals surface area contributed by atoms with Crippen LogP contribution in [0.15, 0.2) is 54.6 Å². The Morgan fingerprint density at radius 2 is 1.29 bits per heavy atom. The molecule has 0 spiro atoms. The molecule has 0 aliphatic rings. The zero-order valence-corrected chi connectivity index (χ0v) is 11.7. The summed E-state index contributed by atoms with van der Waals surface area (Å²) >= 11 is 0. The second-order valence-electron chi connectivity index (χ2n) is 4.43. The molecule has 0 bridgehead atoms. The van der Waals surface area contributed by atoms with Gasteiger partial charge in [-0.05, 0) is 23.8 Å². The Balaban J connectivity index is 0.000000361. The fourth-order valence-corrected chi connectivity index (χ4v) is 2.27. The van der Waals surface area contributed by atoms with Crippen LogP contribution in [0.3, 0.4) is 0 Å². The van der Waals surface area contributed by atoms with Gasteiger partial charge in [-0.25, -0.2) is 0 Å². The average Bonchev–Trinajstić information content (AvgIpc) is 2.46. The van der Waals surface area contributed by atoms with Crippen molar-refractivity contribution >= 4 is 28.9 Å². The molecular weight excluding hydrogens is 267 g/mol. The maximum absolute atomic E-state index is 7.17. The summed E-state index contributed by atoms with van der Waals surface area (Å²) in [6, 6.07) is 18.9. The summed E-state index contributed by atoms with van der Waals surface area (Å²) in [5.41, 5.74) is 0. The molecule has 0 saturated carbocycles. The zero-order valence-electron chi connectivity index (χ0n) is 11.7. The van der Waals surface area contributed by atoms with E-state index in [2.05, 4.69) is 54.6 Å². The van der Waals surface area contributed by atoms with E-state index in [1.54, 1.807) is 0 Å². The minimum absolute atomic E-state index is 0.692. The quantitative estimate of drug-likeness (QED) is 0.499. The first-order chi connectivity index (χ1) is 10.1. The first-order valence-electron chi connectivity index (χ1n) is 6.71. The molecule has 3 aromatic carbocycles. The Hall–Kier alpha value is -2.08. The van der Waals surface area contributed by atoms with Crippen molar-refractivity contribution in [2.45, 2.75) is 6.92 Å². The Morgan fingerprint density at radius 3 is 1.71 bits per heavy atom. The van der Waals surface area contributed by atoms with Crippen molar-refractivity contribution < 1.29 is 19.8 Å². The van der Waals surface area contributed by atoms with Crippen molar-refractivity contribution in [2.24, 2.45) is 0 Å². The molecular formula is C16H17BO4. The molecule has 0 fully saturated rings. The highest BCUT2D eigenvalue weighted by Crippen LogP contribution is 2.34. The summed E-state index contributed by atoms with van der Waals surface area (Å²) < 4.78 is 5.83. The first kappa shape index (κ1) is 15.3. The molecule has 0 radical (unpaired) electrons. The van der Waals surface area contributed by atoms with E-state index < -0.39 is 7.32 Å². The fraction of sp³-hybridized carbons (Fsp3) is 0.125. The standard InChI is InChI=1S/C16H14O.BH3O3/c1-2-17-16-14-9-5-3-7-12(14)11-13-8-4-6-10-15(13)16;2-1(3)4/h3-11H,2H2,1H3;2-4H. The van der Waals surface area contributed by atoms with Crippen molar-refractivity contribution in [1.29, 1.82) is 0 Å². The lowest BCUT2D eigenvalue weighted by atomic mass is 10.0. The molecule has 0 amide bonds. The monoisotopic (exact) mass is 284 g/mol. The molecule has 3 rings (SSSR count). The largest absolute Gasteiger partial charge is 0.631 e. The van der Waals surface area contributed by atoms with Crippen LogP contribution in [0.2, 0.25) is 0 Å². The van der Waals surface area contributed by atoms with Gasteiger partial charge in [-0.1, -0.05) is 48.5 Å². The van der Waals surface area contributed by atoms with Gasteiger partial charge in [0.05, 0.1) is 6.61 Å². The molecule has 108 valence electrons. The third-order valence-electron chi connectivity index (χ3n) is 3.01. The summed E-state index contributed by atoms with van der Waals surface area (Å²) in [6.45, 7) is 2.72. The average molecular weight is 284 g/mol. The van der Waals surface area contributed by atoms with Gasteiger partial charge in [0, 0.05) is 10.8 Å². The van der Waals surface area contributed by atoms with Crippen LogP contribution in [0.1, 0.15) is 6.92 Å². The highest BCUT2D eigenvalue weighted by molar-refractivity contribution is 6.30. The highest BCUT2D eigenvalue weighted by Gasteiger charge is 2.07. The second kappa shape index (κ2) is 7.08.